The molecule has 0 aliphatic carbocycles. The second kappa shape index (κ2) is 8.87. The van der Waals surface area contributed by atoms with Gasteiger partial charge in [-0.2, -0.15) is 0 Å². The lowest BCUT2D eigenvalue weighted by Crippen LogP contribution is -2.32. The first-order chi connectivity index (χ1) is 9.67. The summed E-state index contributed by atoms with van der Waals surface area (Å²) in [6.45, 7) is 2.08. The summed E-state index contributed by atoms with van der Waals surface area (Å²) in [5.41, 5.74) is 0.916. The van der Waals surface area contributed by atoms with Crippen molar-refractivity contribution < 1.29 is 19.5 Å². The maximum atomic E-state index is 11.1. The van der Waals surface area contributed by atoms with Gasteiger partial charge in [0.25, 0.3) is 0 Å². The standard InChI is InChI=1S/C15H19NO4/c1-2-3-9-14(15(18)19)10-16(12-17)20-11-13-7-5-4-6-8-13/h2-8,12,14H,9-11H2,1H3,(H,18,19)/b3-2+/t14-/m1/s1. The number of carbonyl (C=O) groups is 2. The maximum Gasteiger partial charge on any atom is 0.308 e. The summed E-state index contributed by atoms with van der Waals surface area (Å²) < 4.78 is 0. The number of hydroxylamine groups is 2. The molecule has 1 N–H and O–H groups in total. The quantitative estimate of drug-likeness (QED) is 0.427. The Bertz CT molecular complexity index is 444. The van der Waals surface area contributed by atoms with E-state index in [4.69, 9.17) is 9.94 Å². The molecule has 0 unspecified atom stereocenters. The number of rotatable bonds is 9. The molecule has 0 radical (unpaired) electrons. The van der Waals surface area contributed by atoms with Crippen molar-refractivity contribution in [3.05, 3.63) is 48.0 Å². The molecule has 5 nitrogen and oxygen atoms in total. The molecule has 5 heteroatoms. The molecule has 108 valence electrons. The largest absolute Gasteiger partial charge is 0.481 e. The number of hydrogen-bond donors (Lipinski definition) is 1. The van der Waals surface area contributed by atoms with E-state index in [0.717, 1.165) is 10.6 Å². The number of allylic oxidation sites excluding steroid dienone is 2. The van der Waals surface area contributed by atoms with Gasteiger partial charge in [-0.1, -0.05) is 42.5 Å². The van der Waals surface area contributed by atoms with Crippen LogP contribution >= 0.6 is 0 Å². The van der Waals surface area contributed by atoms with Crippen LogP contribution in [0.15, 0.2) is 42.5 Å². The maximum absolute atomic E-state index is 11.1. The highest BCUT2D eigenvalue weighted by Crippen LogP contribution is 2.09. The van der Waals surface area contributed by atoms with Crippen molar-refractivity contribution in [3.8, 4) is 0 Å². The zero-order valence-corrected chi connectivity index (χ0v) is 11.4. The Kier molecular flexibility index (Phi) is 7.06. The van der Waals surface area contributed by atoms with Gasteiger partial charge in [0, 0.05) is 0 Å². The summed E-state index contributed by atoms with van der Waals surface area (Å²) in [6, 6.07) is 9.37. The number of carbonyl (C=O) groups excluding carboxylic acids is 1. The molecule has 0 aromatic heterocycles. The lowest BCUT2D eigenvalue weighted by molar-refractivity contribution is -0.183. The predicted octanol–water partition coefficient (Wildman–Crippen LogP) is 2.24. The SMILES string of the molecule is C/C=C/C[C@H](CN(C=O)OCc1ccccc1)C(=O)O. The van der Waals surface area contributed by atoms with Crippen LogP contribution in [0.25, 0.3) is 0 Å². The number of carboxylic acids is 1. The molecule has 0 fully saturated rings. The van der Waals surface area contributed by atoms with Gasteiger partial charge in [-0.25, -0.2) is 5.06 Å². The van der Waals surface area contributed by atoms with E-state index in [9.17, 15) is 9.59 Å². The second-order valence-corrected chi connectivity index (χ2v) is 4.30. The Morgan fingerprint density at radius 2 is 2.10 bits per heavy atom. The van der Waals surface area contributed by atoms with Gasteiger partial charge in [0.2, 0.25) is 6.41 Å². The van der Waals surface area contributed by atoms with Gasteiger partial charge >= 0.3 is 5.97 Å². The van der Waals surface area contributed by atoms with Gasteiger partial charge in [0.05, 0.1) is 12.5 Å². The molecule has 1 rings (SSSR count). The third-order valence-corrected chi connectivity index (χ3v) is 2.76. The van der Waals surface area contributed by atoms with E-state index in [1.54, 1.807) is 12.2 Å². The molecule has 0 saturated carbocycles. The summed E-state index contributed by atoms with van der Waals surface area (Å²) in [6.07, 6.45) is 4.42. The molecule has 1 aromatic rings. The van der Waals surface area contributed by atoms with Crippen molar-refractivity contribution in [1.29, 1.82) is 0 Å². The summed E-state index contributed by atoms with van der Waals surface area (Å²) in [7, 11) is 0. The Morgan fingerprint density at radius 1 is 1.40 bits per heavy atom. The highest BCUT2D eigenvalue weighted by molar-refractivity contribution is 5.70. The van der Waals surface area contributed by atoms with E-state index >= 15 is 0 Å². The van der Waals surface area contributed by atoms with Gasteiger partial charge in [0.15, 0.2) is 0 Å². The first-order valence-corrected chi connectivity index (χ1v) is 6.40. The van der Waals surface area contributed by atoms with Crippen LogP contribution in [0.2, 0.25) is 0 Å². The zero-order valence-electron chi connectivity index (χ0n) is 11.4. The summed E-state index contributed by atoms with van der Waals surface area (Å²) in [4.78, 5) is 27.4. The Labute approximate surface area is 118 Å². The minimum atomic E-state index is -0.946. The van der Waals surface area contributed by atoms with Gasteiger partial charge in [0.1, 0.15) is 6.61 Å². The monoisotopic (exact) mass is 277 g/mol. The fourth-order valence-electron chi connectivity index (χ4n) is 1.63. The molecular weight excluding hydrogens is 258 g/mol. The molecule has 0 heterocycles. The molecule has 0 aliphatic heterocycles. The number of aliphatic carboxylic acids is 1. The number of nitrogens with zero attached hydrogens (tertiary/aromatic N) is 1. The van der Waals surface area contributed by atoms with Crippen molar-refractivity contribution in [2.24, 2.45) is 5.92 Å². The van der Waals surface area contributed by atoms with E-state index in [1.165, 1.54) is 0 Å². The van der Waals surface area contributed by atoms with Crippen LogP contribution in [0.4, 0.5) is 0 Å². The van der Waals surface area contributed by atoms with Crippen LogP contribution in [-0.4, -0.2) is 29.1 Å². The van der Waals surface area contributed by atoms with Crippen LogP contribution in [0, 0.1) is 5.92 Å². The Balaban J connectivity index is 2.52. The van der Waals surface area contributed by atoms with Crippen molar-refractivity contribution in [2.75, 3.05) is 6.54 Å². The molecule has 0 spiro atoms. The van der Waals surface area contributed by atoms with Gasteiger partial charge in [-0.05, 0) is 18.9 Å². The minimum Gasteiger partial charge on any atom is -0.481 e. The van der Waals surface area contributed by atoms with Gasteiger partial charge in [-0.15, -0.1) is 0 Å². The Hall–Kier alpha value is -2.14. The van der Waals surface area contributed by atoms with Crippen LogP contribution in [0.1, 0.15) is 18.9 Å². The van der Waals surface area contributed by atoms with Crippen molar-refractivity contribution in [2.45, 2.75) is 20.0 Å². The molecule has 0 bridgehead atoms. The van der Waals surface area contributed by atoms with E-state index in [2.05, 4.69) is 0 Å². The van der Waals surface area contributed by atoms with Crippen LogP contribution in [0.5, 0.6) is 0 Å². The zero-order chi connectivity index (χ0) is 14.8. The topological polar surface area (TPSA) is 66.8 Å². The lowest BCUT2D eigenvalue weighted by Gasteiger charge is -2.20. The third kappa shape index (κ3) is 5.67. The van der Waals surface area contributed by atoms with Crippen LogP contribution in [-0.2, 0) is 21.0 Å². The molecule has 1 aromatic carbocycles. The number of benzene rings is 1. The fourth-order valence-corrected chi connectivity index (χ4v) is 1.63. The highest BCUT2D eigenvalue weighted by Gasteiger charge is 2.19. The molecule has 20 heavy (non-hydrogen) atoms. The number of amides is 1. The summed E-state index contributed by atoms with van der Waals surface area (Å²) in [5.74, 6) is -1.62. The van der Waals surface area contributed by atoms with Gasteiger partial charge in [-0.3, -0.25) is 14.4 Å². The summed E-state index contributed by atoms with van der Waals surface area (Å²) >= 11 is 0. The molecule has 1 atom stereocenters. The average Bonchev–Trinajstić information content (AvgIpc) is 2.47. The number of carboxylic acid groups (broad SMARTS) is 1. The number of hydrogen-bond acceptors (Lipinski definition) is 3. The van der Waals surface area contributed by atoms with E-state index in [1.807, 2.05) is 37.3 Å². The van der Waals surface area contributed by atoms with E-state index < -0.39 is 11.9 Å². The van der Waals surface area contributed by atoms with Crippen LogP contribution < -0.4 is 0 Å². The third-order valence-electron chi connectivity index (χ3n) is 2.76. The fraction of sp³-hybridized carbons (Fsp3) is 0.333. The van der Waals surface area contributed by atoms with E-state index in [-0.39, 0.29) is 13.2 Å². The van der Waals surface area contributed by atoms with Crippen LogP contribution in [0.3, 0.4) is 0 Å². The minimum absolute atomic E-state index is 0.0238. The van der Waals surface area contributed by atoms with Crippen molar-refractivity contribution in [1.82, 2.24) is 5.06 Å². The molecular formula is C15H19NO4. The lowest BCUT2D eigenvalue weighted by atomic mass is 10.1. The predicted molar refractivity (Wildman–Crippen MR) is 74.6 cm³/mol. The smallest absolute Gasteiger partial charge is 0.308 e. The highest BCUT2D eigenvalue weighted by atomic mass is 16.7. The van der Waals surface area contributed by atoms with Gasteiger partial charge < -0.3 is 5.11 Å². The average molecular weight is 277 g/mol. The van der Waals surface area contributed by atoms with E-state index in [0.29, 0.717) is 12.8 Å². The van der Waals surface area contributed by atoms with Crippen molar-refractivity contribution in [3.63, 3.8) is 0 Å². The second-order valence-electron chi connectivity index (χ2n) is 4.30. The molecule has 0 aliphatic rings. The molecule has 1 amide bonds. The van der Waals surface area contributed by atoms with Crippen molar-refractivity contribution >= 4 is 12.4 Å². The first-order valence-electron chi connectivity index (χ1n) is 6.40. The molecule has 0 saturated heterocycles. The normalized spacial score (nSPS) is 12.2. The summed E-state index contributed by atoms with van der Waals surface area (Å²) in [5, 5.41) is 10.1. The Morgan fingerprint density at radius 3 is 2.65 bits per heavy atom. The first kappa shape index (κ1) is 15.9.